The Morgan fingerprint density at radius 1 is 1.13 bits per heavy atom. The largest absolute Gasteiger partial charge is 0.454 e. The van der Waals surface area contributed by atoms with E-state index in [2.05, 4.69) is 5.16 Å². The summed E-state index contributed by atoms with van der Waals surface area (Å²) >= 11 is 0. The van der Waals surface area contributed by atoms with Gasteiger partial charge >= 0.3 is 0 Å². The summed E-state index contributed by atoms with van der Waals surface area (Å²) in [5, 5.41) is 4.28. The highest BCUT2D eigenvalue weighted by molar-refractivity contribution is 6.04. The lowest BCUT2D eigenvalue weighted by Crippen LogP contribution is -2.47. The van der Waals surface area contributed by atoms with Crippen molar-refractivity contribution in [1.29, 1.82) is 0 Å². The normalized spacial score (nSPS) is 20.5. The van der Waals surface area contributed by atoms with E-state index < -0.39 is 5.41 Å². The molecule has 3 aliphatic rings. The fourth-order valence-electron chi connectivity index (χ4n) is 4.65. The van der Waals surface area contributed by atoms with Gasteiger partial charge in [0, 0.05) is 23.4 Å². The molecule has 1 saturated carbocycles. The van der Waals surface area contributed by atoms with Crippen LogP contribution in [0.15, 0.2) is 47.0 Å². The predicted molar refractivity (Wildman–Crippen MR) is 111 cm³/mol. The fraction of sp³-hybridized carbons (Fsp3) is 0.333. The third kappa shape index (κ3) is 2.83. The second kappa shape index (κ2) is 6.57. The van der Waals surface area contributed by atoms with Crippen molar-refractivity contribution < 1.29 is 23.2 Å². The van der Waals surface area contributed by atoms with Crippen molar-refractivity contribution in [2.45, 2.75) is 44.1 Å². The van der Waals surface area contributed by atoms with Crippen LogP contribution in [0.25, 0.3) is 11.3 Å². The van der Waals surface area contributed by atoms with Gasteiger partial charge in [-0.2, -0.15) is 0 Å². The van der Waals surface area contributed by atoms with E-state index >= 15 is 0 Å². The third-order valence-corrected chi connectivity index (χ3v) is 6.61. The highest BCUT2D eigenvalue weighted by atomic mass is 19.1. The number of halogens is 1. The Kier molecular flexibility index (Phi) is 3.91. The van der Waals surface area contributed by atoms with Gasteiger partial charge in [-0.15, -0.1) is 0 Å². The van der Waals surface area contributed by atoms with Crippen LogP contribution in [0.5, 0.6) is 11.5 Å². The lowest BCUT2D eigenvalue weighted by Gasteiger charge is -2.37. The Balaban J connectivity index is 1.33. The lowest BCUT2D eigenvalue weighted by molar-refractivity contribution is -0.121. The Morgan fingerprint density at radius 3 is 2.81 bits per heavy atom. The molecule has 1 aromatic heterocycles. The molecule has 1 aliphatic carbocycles. The van der Waals surface area contributed by atoms with Crippen LogP contribution in [0.4, 0.5) is 10.1 Å². The smallest absolute Gasteiger partial charge is 0.239 e. The van der Waals surface area contributed by atoms with Crippen molar-refractivity contribution >= 4 is 11.6 Å². The van der Waals surface area contributed by atoms with Crippen LogP contribution in [0.2, 0.25) is 0 Å². The van der Waals surface area contributed by atoms with Crippen LogP contribution in [0.1, 0.15) is 37.4 Å². The van der Waals surface area contributed by atoms with Crippen molar-refractivity contribution in [3.8, 4) is 22.8 Å². The number of benzene rings is 2. The number of rotatable bonds is 3. The quantitative estimate of drug-likeness (QED) is 0.619. The van der Waals surface area contributed by atoms with Crippen molar-refractivity contribution in [2.24, 2.45) is 0 Å². The van der Waals surface area contributed by atoms with E-state index in [1.165, 1.54) is 12.1 Å². The lowest BCUT2D eigenvalue weighted by atomic mass is 9.92. The number of carbonyl (C=O) groups excluding carboxylic acids is 1. The van der Waals surface area contributed by atoms with Crippen LogP contribution in [0, 0.1) is 5.82 Å². The molecule has 6 nitrogen and oxygen atoms in total. The molecule has 158 valence electrons. The van der Waals surface area contributed by atoms with Crippen molar-refractivity contribution in [3.05, 3.63) is 59.5 Å². The number of aryl methyl sites for hydroxylation is 1. The highest BCUT2D eigenvalue weighted by Gasteiger charge is 2.56. The number of hydrogen-bond donors (Lipinski definition) is 0. The summed E-state index contributed by atoms with van der Waals surface area (Å²) in [5.74, 6) is 1.69. The van der Waals surface area contributed by atoms with Gasteiger partial charge < -0.3 is 18.9 Å². The molecule has 31 heavy (non-hydrogen) atoms. The number of aromatic nitrogens is 1. The maximum absolute atomic E-state index is 13.8. The molecule has 6 rings (SSSR count). The molecule has 0 saturated heterocycles. The number of ether oxygens (including phenoxy) is 2. The first-order valence-electron chi connectivity index (χ1n) is 10.5. The Labute approximate surface area is 178 Å². The van der Waals surface area contributed by atoms with Gasteiger partial charge in [-0.05, 0) is 74.6 Å². The maximum atomic E-state index is 13.8. The number of carbonyl (C=O) groups is 1. The SMILES string of the molecule is CC1CCc2cc(F)ccc2N1C(=O)C1(c2cc(-c3ccc4c(c3)OCO4)on2)CC1. The minimum Gasteiger partial charge on any atom is -0.454 e. The van der Waals surface area contributed by atoms with Crippen LogP contribution in [0.3, 0.4) is 0 Å². The molecular weight excluding hydrogens is 399 g/mol. The number of fused-ring (bicyclic) bond motifs is 2. The summed E-state index contributed by atoms with van der Waals surface area (Å²) in [7, 11) is 0. The molecule has 0 bridgehead atoms. The minimum atomic E-state index is -0.685. The fourth-order valence-corrected chi connectivity index (χ4v) is 4.65. The molecule has 3 aromatic rings. The van der Waals surface area contributed by atoms with Crippen LogP contribution in [-0.2, 0) is 16.6 Å². The first-order valence-corrected chi connectivity index (χ1v) is 10.5. The van der Waals surface area contributed by atoms with Crippen LogP contribution >= 0.6 is 0 Å². The average molecular weight is 420 g/mol. The number of nitrogens with zero attached hydrogens (tertiary/aromatic N) is 2. The van der Waals surface area contributed by atoms with E-state index in [4.69, 9.17) is 14.0 Å². The summed E-state index contributed by atoms with van der Waals surface area (Å²) in [4.78, 5) is 15.6. The Bertz CT molecular complexity index is 1200. The van der Waals surface area contributed by atoms with Crippen molar-refractivity contribution in [1.82, 2.24) is 5.16 Å². The van der Waals surface area contributed by atoms with E-state index in [0.717, 1.165) is 42.5 Å². The standard InChI is InChI=1S/C24H21FN2O4/c1-14-2-3-15-10-17(25)5-6-18(15)27(14)23(28)24(8-9-24)22-12-20(31-26-22)16-4-7-19-21(11-16)30-13-29-19/h4-7,10-12,14H,2-3,8-9,13H2,1H3. The zero-order valence-corrected chi connectivity index (χ0v) is 17.1. The second-order valence-electron chi connectivity index (χ2n) is 8.56. The molecule has 3 heterocycles. The zero-order valence-electron chi connectivity index (χ0n) is 17.1. The molecule has 1 atom stereocenters. The second-order valence-corrected chi connectivity index (χ2v) is 8.56. The van der Waals surface area contributed by atoms with Gasteiger partial charge in [0.2, 0.25) is 12.7 Å². The number of anilines is 1. The highest BCUT2D eigenvalue weighted by Crippen LogP contribution is 2.51. The average Bonchev–Trinajstić information content (AvgIpc) is 3.20. The van der Waals surface area contributed by atoms with Gasteiger partial charge in [-0.1, -0.05) is 5.16 Å². The summed E-state index contributed by atoms with van der Waals surface area (Å²) in [6.45, 7) is 2.25. The third-order valence-electron chi connectivity index (χ3n) is 6.61. The van der Waals surface area contributed by atoms with E-state index in [9.17, 15) is 9.18 Å². The molecule has 0 N–H and O–H groups in total. The molecule has 1 fully saturated rings. The predicted octanol–water partition coefficient (Wildman–Crippen LogP) is 4.61. The van der Waals surface area contributed by atoms with Gasteiger partial charge in [-0.25, -0.2) is 4.39 Å². The van der Waals surface area contributed by atoms with Crippen LogP contribution in [-0.4, -0.2) is 23.9 Å². The zero-order chi connectivity index (χ0) is 21.2. The molecule has 2 aliphatic heterocycles. The van der Waals surface area contributed by atoms with E-state index in [1.807, 2.05) is 36.1 Å². The first-order chi connectivity index (χ1) is 15.0. The minimum absolute atomic E-state index is 0.0121. The molecule has 0 spiro atoms. The van der Waals surface area contributed by atoms with E-state index in [0.29, 0.717) is 23.0 Å². The van der Waals surface area contributed by atoms with E-state index in [1.54, 1.807) is 6.07 Å². The molecular formula is C24H21FN2O4. The molecule has 2 aromatic carbocycles. The van der Waals surface area contributed by atoms with Gasteiger partial charge in [0.05, 0.1) is 11.1 Å². The van der Waals surface area contributed by atoms with E-state index in [-0.39, 0.29) is 24.6 Å². The van der Waals surface area contributed by atoms with Gasteiger partial charge in [0.25, 0.3) is 0 Å². The maximum Gasteiger partial charge on any atom is 0.239 e. The Hall–Kier alpha value is -3.35. The first kappa shape index (κ1) is 18.4. The van der Waals surface area contributed by atoms with Crippen molar-refractivity contribution in [2.75, 3.05) is 11.7 Å². The summed E-state index contributed by atoms with van der Waals surface area (Å²) in [6, 6.07) is 12.1. The summed E-state index contributed by atoms with van der Waals surface area (Å²) in [6.07, 6.45) is 3.01. The van der Waals surface area contributed by atoms with Gasteiger partial charge in [0.15, 0.2) is 17.3 Å². The molecule has 7 heteroatoms. The summed E-state index contributed by atoms with van der Waals surface area (Å²) < 4.78 is 30.2. The summed E-state index contributed by atoms with van der Waals surface area (Å²) in [5.41, 5.74) is 2.46. The topological polar surface area (TPSA) is 64.8 Å². The number of amides is 1. The van der Waals surface area contributed by atoms with Gasteiger partial charge in [0.1, 0.15) is 5.82 Å². The van der Waals surface area contributed by atoms with Gasteiger partial charge in [-0.3, -0.25) is 4.79 Å². The monoisotopic (exact) mass is 420 g/mol. The molecule has 1 amide bonds. The molecule has 1 unspecified atom stereocenters. The Morgan fingerprint density at radius 2 is 1.97 bits per heavy atom. The number of hydrogen-bond acceptors (Lipinski definition) is 5. The molecule has 0 radical (unpaired) electrons. The van der Waals surface area contributed by atoms with Crippen molar-refractivity contribution in [3.63, 3.8) is 0 Å². The van der Waals surface area contributed by atoms with Crippen LogP contribution < -0.4 is 14.4 Å².